The van der Waals surface area contributed by atoms with Crippen molar-refractivity contribution in [3.05, 3.63) is 102 Å². The number of ether oxygens (including phenoxy) is 1. The Morgan fingerprint density at radius 1 is 0.943 bits per heavy atom. The molecular weight excluding hydrogens is 440 g/mol. The highest BCUT2D eigenvalue weighted by atomic mass is 16.5. The molecule has 0 saturated heterocycles. The number of hydrogen-bond acceptors (Lipinski definition) is 4. The molecule has 0 unspecified atom stereocenters. The first-order valence-corrected chi connectivity index (χ1v) is 11.5. The zero-order valence-corrected chi connectivity index (χ0v) is 19.8. The van der Waals surface area contributed by atoms with Crippen LogP contribution in [0.1, 0.15) is 22.8 Å². The molecule has 0 aliphatic rings. The molecule has 178 valence electrons. The second-order valence-electron chi connectivity index (χ2n) is 8.01. The fourth-order valence-corrected chi connectivity index (χ4v) is 3.74. The Morgan fingerprint density at radius 2 is 1.60 bits per heavy atom. The molecule has 35 heavy (non-hydrogen) atoms. The van der Waals surface area contributed by atoms with Gasteiger partial charge in [-0.25, -0.2) is 4.68 Å². The van der Waals surface area contributed by atoms with Crippen molar-refractivity contribution in [2.24, 2.45) is 0 Å². The van der Waals surface area contributed by atoms with Gasteiger partial charge in [0, 0.05) is 30.9 Å². The standard InChI is InChI=1S/C28H28N4O3/c1-3-35-25-17-11-10-16-24(25)28(34)29-18-26(33)31(2)19-22-20-32(23-14-8-5-9-15-23)30-27(22)21-12-6-4-7-13-21/h4-17,20H,3,18-19H2,1-2H3,(H,29,34). The highest BCUT2D eigenvalue weighted by Gasteiger charge is 2.18. The number of likely N-dealkylation sites (N-methyl/N-ethyl adjacent to an activating group) is 1. The molecule has 0 bridgehead atoms. The summed E-state index contributed by atoms with van der Waals surface area (Å²) < 4.78 is 7.34. The number of hydrogen-bond donors (Lipinski definition) is 1. The van der Waals surface area contributed by atoms with Crippen molar-refractivity contribution in [2.75, 3.05) is 20.2 Å². The number of nitrogens with one attached hydrogen (secondary N) is 1. The van der Waals surface area contributed by atoms with Crippen LogP contribution in [0.3, 0.4) is 0 Å². The molecule has 0 atom stereocenters. The molecule has 1 N–H and O–H groups in total. The summed E-state index contributed by atoms with van der Waals surface area (Å²) in [7, 11) is 1.72. The molecule has 2 amide bonds. The Kier molecular flexibility index (Phi) is 7.57. The van der Waals surface area contributed by atoms with Crippen molar-refractivity contribution >= 4 is 11.8 Å². The lowest BCUT2D eigenvalue weighted by molar-refractivity contribution is -0.129. The summed E-state index contributed by atoms with van der Waals surface area (Å²) in [5, 5.41) is 7.51. The van der Waals surface area contributed by atoms with Crippen molar-refractivity contribution in [3.63, 3.8) is 0 Å². The van der Waals surface area contributed by atoms with Crippen molar-refractivity contribution in [1.82, 2.24) is 20.0 Å². The van der Waals surface area contributed by atoms with E-state index in [0.717, 1.165) is 22.5 Å². The van der Waals surface area contributed by atoms with Gasteiger partial charge in [0.2, 0.25) is 5.91 Å². The topological polar surface area (TPSA) is 76.5 Å². The van der Waals surface area contributed by atoms with E-state index in [1.807, 2.05) is 78.5 Å². The van der Waals surface area contributed by atoms with Crippen LogP contribution in [0, 0.1) is 0 Å². The molecule has 0 radical (unpaired) electrons. The Morgan fingerprint density at radius 3 is 2.31 bits per heavy atom. The number of benzene rings is 3. The van der Waals surface area contributed by atoms with Crippen molar-refractivity contribution in [2.45, 2.75) is 13.5 Å². The fraction of sp³-hybridized carbons (Fsp3) is 0.179. The monoisotopic (exact) mass is 468 g/mol. The molecule has 1 heterocycles. The lowest BCUT2D eigenvalue weighted by atomic mass is 10.1. The van der Waals surface area contributed by atoms with Gasteiger partial charge in [-0.15, -0.1) is 0 Å². The third-order valence-electron chi connectivity index (χ3n) is 5.52. The summed E-state index contributed by atoms with van der Waals surface area (Å²) in [5.41, 5.74) is 4.03. The number of carbonyl (C=O) groups is 2. The van der Waals surface area contributed by atoms with Gasteiger partial charge in [-0.05, 0) is 31.2 Å². The van der Waals surface area contributed by atoms with E-state index in [2.05, 4.69) is 5.32 Å². The van der Waals surface area contributed by atoms with E-state index in [1.165, 1.54) is 0 Å². The molecule has 0 fully saturated rings. The van der Waals surface area contributed by atoms with Crippen LogP contribution in [0.4, 0.5) is 0 Å². The van der Waals surface area contributed by atoms with Crippen LogP contribution in [0.5, 0.6) is 5.75 Å². The Hall–Kier alpha value is -4.39. The van der Waals surface area contributed by atoms with Gasteiger partial charge >= 0.3 is 0 Å². The zero-order chi connectivity index (χ0) is 24.6. The lowest BCUT2D eigenvalue weighted by Crippen LogP contribution is -2.38. The number of carbonyl (C=O) groups excluding carboxylic acids is 2. The number of nitrogens with zero attached hydrogens (tertiary/aromatic N) is 3. The fourth-order valence-electron chi connectivity index (χ4n) is 3.74. The van der Waals surface area contributed by atoms with Gasteiger partial charge in [-0.2, -0.15) is 5.10 Å². The maximum absolute atomic E-state index is 12.9. The van der Waals surface area contributed by atoms with Crippen molar-refractivity contribution in [1.29, 1.82) is 0 Å². The molecule has 0 saturated carbocycles. The summed E-state index contributed by atoms with van der Waals surface area (Å²) in [6, 6.07) is 26.7. The maximum Gasteiger partial charge on any atom is 0.255 e. The minimum Gasteiger partial charge on any atom is -0.493 e. The summed E-state index contributed by atoms with van der Waals surface area (Å²) in [5.74, 6) is -0.0643. The largest absolute Gasteiger partial charge is 0.493 e. The van der Waals surface area contributed by atoms with E-state index < -0.39 is 0 Å². The van der Waals surface area contributed by atoms with Crippen LogP contribution in [0.15, 0.2) is 91.1 Å². The van der Waals surface area contributed by atoms with Crippen LogP contribution < -0.4 is 10.1 Å². The van der Waals surface area contributed by atoms with Crippen LogP contribution in [0.2, 0.25) is 0 Å². The third kappa shape index (κ3) is 5.76. The van der Waals surface area contributed by atoms with Gasteiger partial charge in [0.15, 0.2) is 0 Å². The first-order chi connectivity index (χ1) is 17.1. The molecule has 0 aliphatic carbocycles. The first kappa shape index (κ1) is 23.8. The van der Waals surface area contributed by atoms with Crippen molar-refractivity contribution in [3.8, 4) is 22.7 Å². The zero-order valence-electron chi connectivity index (χ0n) is 19.8. The van der Waals surface area contributed by atoms with Gasteiger partial charge in [-0.1, -0.05) is 60.7 Å². The third-order valence-corrected chi connectivity index (χ3v) is 5.52. The highest BCUT2D eigenvalue weighted by Crippen LogP contribution is 2.25. The Labute approximate surface area is 205 Å². The van der Waals surface area contributed by atoms with Gasteiger partial charge in [-0.3, -0.25) is 9.59 Å². The average Bonchev–Trinajstić information content (AvgIpc) is 3.32. The van der Waals surface area contributed by atoms with Crippen LogP contribution in [0.25, 0.3) is 16.9 Å². The summed E-state index contributed by atoms with van der Waals surface area (Å²) in [6.07, 6.45) is 1.94. The molecule has 0 aliphatic heterocycles. The lowest BCUT2D eigenvalue weighted by Gasteiger charge is -2.18. The second-order valence-corrected chi connectivity index (χ2v) is 8.01. The normalized spacial score (nSPS) is 10.6. The predicted octanol–water partition coefficient (Wildman–Crippen LogP) is 4.33. The summed E-state index contributed by atoms with van der Waals surface area (Å²) in [6.45, 7) is 2.54. The molecule has 7 heteroatoms. The van der Waals surface area contributed by atoms with E-state index in [9.17, 15) is 9.59 Å². The number of rotatable bonds is 9. The van der Waals surface area contributed by atoms with Crippen LogP contribution >= 0.6 is 0 Å². The molecular formula is C28H28N4O3. The predicted molar refractivity (Wildman–Crippen MR) is 135 cm³/mol. The van der Waals surface area contributed by atoms with E-state index in [-0.39, 0.29) is 18.4 Å². The van der Waals surface area contributed by atoms with E-state index in [0.29, 0.717) is 24.5 Å². The smallest absolute Gasteiger partial charge is 0.255 e. The van der Waals surface area contributed by atoms with Crippen molar-refractivity contribution < 1.29 is 14.3 Å². The quantitative estimate of drug-likeness (QED) is 0.397. The number of amides is 2. The molecule has 3 aromatic carbocycles. The summed E-state index contributed by atoms with van der Waals surface area (Å²) in [4.78, 5) is 27.1. The molecule has 4 aromatic rings. The first-order valence-electron chi connectivity index (χ1n) is 11.5. The van der Waals surface area contributed by atoms with Gasteiger partial charge in [0.05, 0.1) is 30.1 Å². The van der Waals surface area contributed by atoms with Gasteiger partial charge in [0.1, 0.15) is 5.75 Å². The molecule has 4 rings (SSSR count). The van der Waals surface area contributed by atoms with Crippen LogP contribution in [-0.4, -0.2) is 46.7 Å². The molecule has 0 spiro atoms. The minimum atomic E-state index is -0.349. The SMILES string of the molecule is CCOc1ccccc1C(=O)NCC(=O)N(C)Cc1cn(-c2ccccc2)nc1-c1ccccc1. The Bertz CT molecular complexity index is 1290. The minimum absolute atomic E-state index is 0.122. The highest BCUT2D eigenvalue weighted by molar-refractivity contribution is 5.98. The van der Waals surface area contributed by atoms with E-state index in [1.54, 1.807) is 36.2 Å². The van der Waals surface area contributed by atoms with Gasteiger partial charge in [0.25, 0.3) is 5.91 Å². The van der Waals surface area contributed by atoms with Crippen LogP contribution in [-0.2, 0) is 11.3 Å². The average molecular weight is 469 g/mol. The maximum atomic E-state index is 12.9. The second kappa shape index (κ2) is 11.2. The Balaban J connectivity index is 1.48. The molecule has 7 nitrogen and oxygen atoms in total. The summed E-state index contributed by atoms with van der Waals surface area (Å²) >= 11 is 0. The van der Waals surface area contributed by atoms with Gasteiger partial charge < -0.3 is 15.0 Å². The number of aromatic nitrogens is 2. The van der Waals surface area contributed by atoms with E-state index in [4.69, 9.17) is 9.84 Å². The number of para-hydroxylation sites is 2. The van der Waals surface area contributed by atoms with E-state index >= 15 is 0 Å². The molecule has 1 aromatic heterocycles.